The van der Waals surface area contributed by atoms with Crippen LogP contribution in [-0.4, -0.2) is 38.7 Å². The number of nitro benzene ring substituents is 1. The van der Waals surface area contributed by atoms with Crippen molar-refractivity contribution in [1.29, 1.82) is 0 Å². The first-order valence-corrected chi connectivity index (χ1v) is 12.7. The average molecular weight is 580 g/mol. The summed E-state index contributed by atoms with van der Waals surface area (Å²) in [6, 6.07) is 20.5. The number of nitrogens with one attached hydrogen (secondary N) is 1. The molecular formula is C27H25IN4O3. The van der Waals surface area contributed by atoms with Crippen molar-refractivity contribution in [3.05, 3.63) is 97.1 Å². The molecule has 0 atom stereocenters. The van der Waals surface area contributed by atoms with Crippen molar-refractivity contribution in [2.24, 2.45) is 4.99 Å². The molecule has 1 fully saturated rings. The standard InChI is InChI=1S/C27H25IN4O3/c28-20-8-6-19(7-9-20)26(25-23-16-22(32(34)35)12-13-24(23)30-27(25)33)29-21-10-4-18(5-11-21)17-31-14-2-1-3-15-31/h4-13,16,30,33H,1-3,14-15,17H2. The number of non-ortho nitro benzene ring substituents is 1. The molecule has 1 aromatic heterocycles. The molecule has 1 aliphatic rings. The number of nitro groups is 1. The van der Waals surface area contributed by atoms with Gasteiger partial charge in [-0.2, -0.15) is 0 Å². The molecular weight excluding hydrogens is 555 g/mol. The number of aromatic amines is 1. The zero-order valence-corrected chi connectivity index (χ0v) is 21.2. The van der Waals surface area contributed by atoms with Crippen molar-refractivity contribution in [1.82, 2.24) is 9.88 Å². The lowest BCUT2D eigenvalue weighted by molar-refractivity contribution is -0.384. The molecule has 0 saturated carbocycles. The fourth-order valence-corrected chi connectivity index (χ4v) is 4.93. The number of piperidine rings is 1. The Kier molecular flexibility index (Phi) is 6.83. The number of fused-ring (bicyclic) bond motifs is 1. The van der Waals surface area contributed by atoms with Crippen LogP contribution < -0.4 is 0 Å². The number of hydrogen-bond acceptors (Lipinski definition) is 5. The Labute approximate surface area is 216 Å². The van der Waals surface area contributed by atoms with Gasteiger partial charge in [0.25, 0.3) is 5.69 Å². The first-order valence-electron chi connectivity index (χ1n) is 11.6. The number of aromatic nitrogens is 1. The molecule has 1 saturated heterocycles. The number of aromatic hydroxyl groups is 1. The van der Waals surface area contributed by atoms with Gasteiger partial charge in [-0.3, -0.25) is 15.0 Å². The van der Waals surface area contributed by atoms with Gasteiger partial charge in [0.2, 0.25) is 0 Å². The number of likely N-dealkylation sites (tertiary alicyclic amines) is 1. The molecule has 0 unspecified atom stereocenters. The Balaban J connectivity index is 1.57. The topological polar surface area (TPSA) is 94.8 Å². The molecule has 2 N–H and O–H groups in total. The molecule has 0 bridgehead atoms. The van der Waals surface area contributed by atoms with Gasteiger partial charge in [-0.15, -0.1) is 0 Å². The number of H-pyrrole nitrogens is 1. The van der Waals surface area contributed by atoms with E-state index in [1.807, 2.05) is 36.4 Å². The third kappa shape index (κ3) is 5.23. The minimum absolute atomic E-state index is 0.0400. The Morgan fingerprint density at radius 2 is 1.74 bits per heavy atom. The maximum Gasteiger partial charge on any atom is 0.270 e. The highest BCUT2D eigenvalue weighted by Crippen LogP contribution is 2.34. The van der Waals surface area contributed by atoms with Gasteiger partial charge < -0.3 is 10.1 Å². The number of halogens is 1. The number of aliphatic imine (C=N–C) groups is 1. The molecule has 178 valence electrons. The first kappa shape index (κ1) is 23.5. The van der Waals surface area contributed by atoms with Gasteiger partial charge in [-0.1, -0.05) is 30.7 Å². The van der Waals surface area contributed by atoms with Crippen LogP contribution in [0.1, 0.15) is 36.0 Å². The van der Waals surface area contributed by atoms with Crippen LogP contribution in [0.4, 0.5) is 11.4 Å². The van der Waals surface area contributed by atoms with Crippen LogP contribution in [0.5, 0.6) is 5.88 Å². The third-order valence-electron chi connectivity index (χ3n) is 6.36. The summed E-state index contributed by atoms with van der Waals surface area (Å²) in [5.74, 6) is -0.0699. The lowest BCUT2D eigenvalue weighted by Gasteiger charge is -2.26. The summed E-state index contributed by atoms with van der Waals surface area (Å²) < 4.78 is 1.08. The molecule has 3 aromatic carbocycles. The van der Waals surface area contributed by atoms with Gasteiger partial charge in [0.1, 0.15) is 0 Å². The highest BCUT2D eigenvalue weighted by Gasteiger charge is 2.21. The van der Waals surface area contributed by atoms with E-state index in [4.69, 9.17) is 4.99 Å². The van der Waals surface area contributed by atoms with E-state index in [1.165, 1.54) is 37.0 Å². The van der Waals surface area contributed by atoms with Crippen molar-refractivity contribution < 1.29 is 10.0 Å². The average Bonchev–Trinajstić information content (AvgIpc) is 3.19. The fourth-order valence-electron chi connectivity index (χ4n) is 4.57. The molecule has 5 rings (SSSR count). The molecule has 1 aliphatic heterocycles. The second-order valence-electron chi connectivity index (χ2n) is 8.81. The maximum absolute atomic E-state index is 11.4. The summed E-state index contributed by atoms with van der Waals surface area (Å²) in [7, 11) is 0. The van der Waals surface area contributed by atoms with E-state index in [1.54, 1.807) is 6.07 Å². The highest BCUT2D eigenvalue weighted by atomic mass is 127. The van der Waals surface area contributed by atoms with Crippen molar-refractivity contribution in [3.63, 3.8) is 0 Å². The predicted molar refractivity (Wildman–Crippen MR) is 147 cm³/mol. The third-order valence-corrected chi connectivity index (χ3v) is 7.08. The van der Waals surface area contributed by atoms with Crippen LogP contribution in [0, 0.1) is 13.7 Å². The lowest BCUT2D eigenvalue weighted by Crippen LogP contribution is -2.28. The summed E-state index contributed by atoms with van der Waals surface area (Å²) >= 11 is 2.24. The van der Waals surface area contributed by atoms with E-state index < -0.39 is 4.92 Å². The molecule has 2 heterocycles. The minimum atomic E-state index is -0.434. The molecule has 4 aromatic rings. The molecule has 0 amide bonds. The second kappa shape index (κ2) is 10.2. The van der Waals surface area contributed by atoms with E-state index in [-0.39, 0.29) is 11.6 Å². The van der Waals surface area contributed by atoms with E-state index in [0.717, 1.165) is 34.5 Å². The monoisotopic (exact) mass is 580 g/mol. The summed E-state index contributed by atoms with van der Waals surface area (Å²) in [5, 5.41) is 22.8. The first-order chi connectivity index (χ1) is 17.0. The van der Waals surface area contributed by atoms with Crippen molar-refractivity contribution >= 4 is 50.6 Å². The van der Waals surface area contributed by atoms with Crippen LogP contribution in [-0.2, 0) is 6.54 Å². The number of rotatable bonds is 6. The van der Waals surface area contributed by atoms with Crippen molar-refractivity contribution in [2.75, 3.05) is 13.1 Å². The van der Waals surface area contributed by atoms with Crippen LogP contribution in [0.2, 0.25) is 0 Å². The summed E-state index contributed by atoms with van der Waals surface area (Å²) in [6.07, 6.45) is 3.83. The smallest absolute Gasteiger partial charge is 0.270 e. The lowest BCUT2D eigenvalue weighted by atomic mass is 10.0. The Bertz CT molecular complexity index is 1390. The molecule has 8 heteroatoms. The van der Waals surface area contributed by atoms with Gasteiger partial charge in [-0.25, -0.2) is 4.99 Å². The van der Waals surface area contributed by atoms with Crippen LogP contribution in [0.15, 0.2) is 71.7 Å². The summed E-state index contributed by atoms with van der Waals surface area (Å²) in [5.41, 5.74) is 4.37. The molecule has 0 spiro atoms. The van der Waals surface area contributed by atoms with E-state index in [2.05, 4.69) is 44.6 Å². The zero-order valence-electron chi connectivity index (χ0n) is 19.1. The Morgan fingerprint density at radius 1 is 1.03 bits per heavy atom. The minimum Gasteiger partial charge on any atom is -0.494 e. The van der Waals surface area contributed by atoms with Crippen molar-refractivity contribution in [3.8, 4) is 5.88 Å². The summed E-state index contributed by atoms with van der Waals surface area (Å²) in [4.78, 5) is 21.3. The van der Waals surface area contributed by atoms with E-state index >= 15 is 0 Å². The highest BCUT2D eigenvalue weighted by molar-refractivity contribution is 14.1. The normalized spacial score (nSPS) is 14.9. The molecule has 7 nitrogen and oxygen atoms in total. The quantitative estimate of drug-likeness (QED) is 0.117. The Morgan fingerprint density at radius 3 is 2.43 bits per heavy atom. The van der Waals surface area contributed by atoms with Gasteiger partial charge in [0, 0.05) is 38.7 Å². The fraction of sp³-hybridized carbons (Fsp3) is 0.222. The van der Waals surface area contributed by atoms with Gasteiger partial charge in [0.05, 0.1) is 21.9 Å². The molecule has 35 heavy (non-hydrogen) atoms. The molecule has 0 radical (unpaired) electrons. The number of benzene rings is 3. The van der Waals surface area contributed by atoms with Crippen LogP contribution in [0.25, 0.3) is 10.9 Å². The van der Waals surface area contributed by atoms with Gasteiger partial charge >= 0.3 is 0 Å². The van der Waals surface area contributed by atoms with E-state index in [9.17, 15) is 15.2 Å². The van der Waals surface area contributed by atoms with Crippen LogP contribution in [0.3, 0.4) is 0 Å². The molecule has 0 aliphatic carbocycles. The Hall–Kier alpha value is -3.24. The summed E-state index contributed by atoms with van der Waals surface area (Å²) in [6.45, 7) is 3.21. The predicted octanol–water partition coefficient (Wildman–Crippen LogP) is 6.54. The zero-order chi connectivity index (χ0) is 24.4. The van der Waals surface area contributed by atoms with E-state index in [0.29, 0.717) is 22.2 Å². The number of hydrogen-bond donors (Lipinski definition) is 2. The van der Waals surface area contributed by atoms with Gasteiger partial charge in [0.15, 0.2) is 5.88 Å². The SMILES string of the molecule is O=[N+]([O-])c1ccc2[nH]c(O)c(C(=Nc3ccc(CN4CCCCC4)cc3)c3ccc(I)cc3)c2c1. The number of nitrogens with zero attached hydrogens (tertiary/aromatic N) is 3. The van der Waals surface area contributed by atoms with Crippen molar-refractivity contribution in [2.45, 2.75) is 25.8 Å². The second-order valence-corrected chi connectivity index (χ2v) is 10.1. The van der Waals surface area contributed by atoms with Crippen LogP contribution >= 0.6 is 22.6 Å². The van der Waals surface area contributed by atoms with Gasteiger partial charge in [-0.05, 0) is 84.4 Å². The maximum atomic E-state index is 11.4. The largest absolute Gasteiger partial charge is 0.494 e.